The average molecular weight is 456 g/mol. The predicted octanol–water partition coefficient (Wildman–Crippen LogP) is 1.02. The molecule has 1 fully saturated rings. The molecule has 4 unspecified atom stereocenters. The maximum atomic E-state index is 13.9. The van der Waals surface area contributed by atoms with E-state index in [0.717, 1.165) is 12.1 Å². The molecule has 12 heteroatoms. The van der Waals surface area contributed by atoms with Crippen molar-refractivity contribution >= 4 is 16.7 Å². The number of benzene rings is 1. The van der Waals surface area contributed by atoms with Gasteiger partial charge in [-0.05, 0) is 24.3 Å². The lowest BCUT2D eigenvalue weighted by atomic mass is 9.96. The summed E-state index contributed by atoms with van der Waals surface area (Å²) in [6.07, 6.45) is -9.44. The summed E-state index contributed by atoms with van der Waals surface area (Å²) in [7, 11) is 0. The maximum Gasteiger partial charge on any atom is 0.418 e. The highest BCUT2D eigenvalue weighted by Crippen LogP contribution is 2.40. The monoisotopic (exact) mass is 456 g/mol. The van der Waals surface area contributed by atoms with Gasteiger partial charge in [-0.25, -0.2) is 4.79 Å². The Bertz CT molecular complexity index is 1160. The van der Waals surface area contributed by atoms with Crippen LogP contribution in [0.2, 0.25) is 0 Å². The van der Waals surface area contributed by atoms with Crippen molar-refractivity contribution < 1.29 is 42.8 Å². The summed E-state index contributed by atoms with van der Waals surface area (Å²) in [6.45, 7) is -0.646. The highest BCUT2D eigenvalue weighted by molar-refractivity contribution is 5.89. The number of aromatic amines is 1. The molecule has 4 rings (SSSR count). The maximum absolute atomic E-state index is 13.9. The van der Waals surface area contributed by atoms with Crippen LogP contribution in [0.25, 0.3) is 22.2 Å². The molecule has 0 saturated carbocycles. The Morgan fingerprint density at radius 3 is 2.50 bits per heavy atom. The molecule has 0 aliphatic carbocycles. The van der Waals surface area contributed by atoms with Gasteiger partial charge in [0, 0.05) is 23.3 Å². The first kappa shape index (κ1) is 22.3. The summed E-state index contributed by atoms with van der Waals surface area (Å²) in [5.74, 6) is 0. The Hall–Kier alpha value is -2.90. The first-order valence-corrected chi connectivity index (χ1v) is 9.50. The first-order chi connectivity index (χ1) is 15.1. The van der Waals surface area contributed by atoms with Crippen LogP contribution in [0.3, 0.4) is 0 Å². The Kier molecular flexibility index (Phi) is 5.73. The van der Waals surface area contributed by atoms with Crippen LogP contribution in [0.1, 0.15) is 5.56 Å². The van der Waals surface area contributed by atoms with Crippen LogP contribution in [0.15, 0.2) is 45.7 Å². The fourth-order valence-electron chi connectivity index (χ4n) is 3.76. The second-order valence-corrected chi connectivity index (χ2v) is 7.33. The van der Waals surface area contributed by atoms with Crippen LogP contribution < -0.4 is 10.9 Å². The van der Waals surface area contributed by atoms with Gasteiger partial charge in [-0.2, -0.15) is 13.2 Å². The van der Waals surface area contributed by atoms with Crippen LogP contribution in [0, 0.1) is 0 Å². The van der Waals surface area contributed by atoms with Crippen molar-refractivity contribution in [2.75, 3.05) is 11.9 Å². The number of aliphatic hydroxyl groups excluding tert-OH is 4. The average Bonchev–Trinajstić information content (AvgIpc) is 3.26. The largest absolute Gasteiger partial charge is 0.422 e. The van der Waals surface area contributed by atoms with Gasteiger partial charge in [0.15, 0.2) is 6.29 Å². The summed E-state index contributed by atoms with van der Waals surface area (Å²) >= 11 is 0. The quantitative estimate of drug-likeness (QED) is 0.319. The van der Waals surface area contributed by atoms with E-state index in [0.29, 0.717) is 0 Å². The zero-order valence-corrected chi connectivity index (χ0v) is 16.2. The van der Waals surface area contributed by atoms with Crippen LogP contribution in [-0.4, -0.2) is 62.7 Å². The number of rotatable bonds is 4. The van der Waals surface area contributed by atoms with Crippen LogP contribution >= 0.6 is 0 Å². The Labute approximate surface area is 177 Å². The van der Waals surface area contributed by atoms with E-state index in [2.05, 4.69) is 10.3 Å². The van der Waals surface area contributed by atoms with Gasteiger partial charge in [0.05, 0.1) is 23.4 Å². The van der Waals surface area contributed by atoms with Gasteiger partial charge in [-0.1, -0.05) is 0 Å². The topological polar surface area (TPSA) is 148 Å². The van der Waals surface area contributed by atoms with Crippen molar-refractivity contribution in [3.63, 3.8) is 0 Å². The molecule has 1 aromatic carbocycles. The van der Waals surface area contributed by atoms with Gasteiger partial charge in [0.1, 0.15) is 29.9 Å². The SMILES string of the molecule is O=c1oc2cc(NC3C(O)OC(CO)[C@H](O)C3O)ccc2c(C(F)(F)F)c1-c1ccc[nH]1. The van der Waals surface area contributed by atoms with E-state index in [-0.39, 0.29) is 22.4 Å². The Morgan fingerprint density at radius 1 is 1.12 bits per heavy atom. The van der Waals surface area contributed by atoms with Crippen LogP contribution in [0.5, 0.6) is 0 Å². The minimum absolute atomic E-state index is 0.0480. The van der Waals surface area contributed by atoms with Crippen molar-refractivity contribution in [3.05, 3.63) is 52.5 Å². The van der Waals surface area contributed by atoms with Gasteiger partial charge >= 0.3 is 11.8 Å². The number of hydrogen-bond donors (Lipinski definition) is 6. The van der Waals surface area contributed by atoms with E-state index in [4.69, 9.17) is 14.3 Å². The third-order valence-electron chi connectivity index (χ3n) is 5.29. The summed E-state index contributed by atoms with van der Waals surface area (Å²) in [5, 5.41) is 41.7. The van der Waals surface area contributed by atoms with Gasteiger partial charge in [-0.3, -0.25) is 0 Å². The molecule has 32 heavy (non-hydrogen) atoms. The molecule has 1 aliphatic rings. The number of H-pyrrole nitrogens is 1. The summed E-state index contributed by atoms with van der Waals surface area (Å²) in [4.78, 5) is 15.0. The van der Waals surface area contributed by atoms with Crippen molar-refractivity contribution in [1.29, 1.82) is 0 Å². The van der Waals surface area contributed by atoms with Gasteiger partial charge < -0.3 is 39.9 Å². The summed E-state index contributed by atoms with van der Waals surface area (Å²) < 4.78 is 51.9. The number of hydrogen-bond acceptors (Lipinski definition) is 8. The van der Waals surface area contributed by atoms with E-state index in [1.807, 2.05) is 0 Å². The van der Waals surface area contributed by atoms with Crippen molar-refractivity contribution in [1.82, 2.24) is 4.98 Å². The van der Waals surface area contributed by atoms with E-state index in [9.17, 15) is 33.3 Å². The molecule has 6 N–H and O–H groups in total. The fraction of sp³-hybridized carbons (Fsp3) is 0.350. The lowest BCUT2D eigenvalue weighted by Crippen LogP contribution is -2.61. The Balaban J connectivity index is 1.76. The number of nitrogens with one attached hydrogen (secondary N) is 2. The highest BCUT2D eigenvalue weighted by atomic mass is 19.4. The van der Waals surface area contributed by atoms with Gasteiger partial charge in [-0.15, -0.1) is 0 Å². The molecule has 9 nitrogen and oxygen atoms in total. The molecule has 172 valence electrons. The zero-order valence-electron chi connectivity index (χ0n) is 16.2. The molecule has 1 aliphatic heterocycles. The molecule has 0 spiro atoms. The molecule has 5 atom stereocenters. The van der Waals surface area contributed by atoms with Crippen molar-refractivity contribution in [2.45, 2.75) is 36.8 Å². The minimum Gasteiger partial charge on any atom is -0.422 e. The lowest BCUT2D eigenvalue weighted by Gasteiger charge is -2.40. The van der Waals surface area contributed by atoms with E-state index >= 15 is 0 Å². The number of aromatic nitrogens is 1. The third kappa shape index (κ3) is 3.87. The third-order valence-corrected chi connectivity index (χ3v) is 5.29. The number of alkyl halides is 3. The minimum atomic E-state index is -4.86. The summed E-state index contributed by atoms with van der Waals surface area (Å²) in [6, 6.07) is 4.92. The van der Waals surface area contributed by atoms with E-state index in [1.165, 1.54) is 24.4 Å². The van der Waals surface area contributed by atoms with Crippen molar-refractivity contribution in [2.24, 2.45) is 0 Å². The lowest BCUT2D eigenvalue weighted by molar-refractivity contribution is -0.245. The molecular formula is C20H19F3N2O7. The highest BCUT2D eigenvalue weighted by Gasteiger charge is 2.44. The number of halogens is 3. The first-order valence-electron chi connectivity index (χ1n) is 9.50. The number of ether oxygens (including phenoxy) is 1. The number of aliphatic hydroxyl groups is 4. The molecule has 3 heterocycles. The van der Waals surface area contributed by atoms with Gasteiger partial charge in [0.25, 0.3) is 0 Å². The Morgan fingerprint density at radius 2 is 1.88 bits per heavy atom. The number of fused-ring (bicyclic) bond motifs is 1. The zero-order chi connectivity index (χ0) is 23.2. The fourth-order valence-corrected chi connectivity index (χ4v) is 3.76. The second-order valence-electron chi connectivity index (χ2n) is 7.33. The van der Waals surface area contributed by atoms with Gasteiger partial charge in [0.2, 0.25) is 0 Å². The molecule has 0 bridgehead atoms. The second kappa shape index (κ2) is 8.22. The standard InChI is InChI=1S/C20H19F3N2O7/c21-20(22,23)14-9-4-3-8(25-15-17(28)16(27)12(7-26)32-19(15)30)6-11(9)31-18(29)13(14)10-2-1-5-24-10/h1-6,12,15-17,19,24-28,30H,7H2/t12?,15?,16-,17?,19?/m0/s1. The molecule has 0 radical (unpaired) electrons. The normalized spacial score (nSPS) is 26.4. The molecule has 2 aromatic heterocycles. The molecule has 0 amide bonds. The predicted molar refractivity (Wildman–Crippen MR) is 105 cm³/mol. The van der Waals surface area contributed by atoms with Crippen molar-refractivity contribution in [3.8, 4) is 11.3 Å². The smallest absolute Gasteiger partial charge is 0.418 e. The molecule has 3 aromatic rings. The molecular weight excluding hydrogens is 437 g/mol. The van der Waals surface area contributed by atoms with Crippen LogP contribution in [-0.2, 0) is 10.9 Å². The molecule has 1 saturated heterocycles. The summed E-state index contributed by atoms with van der Waals surface area (Å²) in [5.41, 5.74) is -3.36. The van der Waals surface area contributed by atoms with E-state index < -0.39 is 60.2 Å². The number of anilines is 1. The van der Waals surface area contributed by atoms with E-state index in [1.54, 1.807) is 0 Å². The van der Waals surface area contributed by atoms with Crippen LogP contribution in [0.4, 0.5) is 18.9 Å².